The number of benzene rings is 1. The van der Waals surface area contributed by atoms with Crippen molar-refractivity contribution >= 4 is 24.2 Å². The fraction of sp³-hybridized carbons (Fsp3) is 0.429. The van der Waals surface area contributed by atoms with Crippen LogP contribution < -0.4 is 16.0 Å². The molecule has 0 atom stereocenters. The van der Waals surface area contributed by atoms with Gasteiger partial charge in [0.1, 0.15) is 5.82 Å². The zero-order chi connectivity index (χ0) is 14.8. The first kappa shape index (κ1) is 19.3. The molecular weight excluding hydrogens is 297 g/mol. The van der Waals surface area contributed by atoms with E-state index in [2.05, 4.69) is 16.0 Å². The van der Waals surface area contributed by atoms with Crippen LogP contribution in [0, 0.1) is 5.82 Å². The molecule has 0 fully saturated rings. The van der Waals surface area contributed by atoms with Crippen molar-refractivity contribution in [3.05, 3.63) is 35.6 Å². The topological polar surface area (TPSA) is 70.2 Å². The van der Waals surface area contributed by atoms with Crippen LogP contribution in [0.5, 0.6) is 0 Å². The predicted octanol–water partition coefficient (Wildman–Crippen LogP) is 0.632. The second kappa shape index (κ2) is 11.0. The fourth-order valence-electron chi connectivity index (χ4n) is 1.60. The van der Waals surface area contributed by atoms with E-state index < -0.39 is 0 Å². The Kier molecular flexibility index (Phi) is 10.2. The van der Waals surface area contributed by atoms with E-state index >= 15 is 0 Å². The lowest BCUT2D eigenvalue weighted by Gasteiger charge is -2.07. The first-order valence-corrected chi connectivity index (χ1v) is 6.60. The van der Waals surface area contributed by atoms with Crippen molar-refractivity contribution in [1.82, 2.24) is 16.0 Å². The fourth-order valence-corrected chi connectivity index (χ4v) is 1.60. The van der Waals surface area contributed by atoms with Crippen LogP contribution in [0.4, 0.5) is 4.39 Å². The van der Waals surface area contributed by atoms with Crippen LogP contribution in [0.25, 0.3) is 0 Å². The molecule has 0 saturated carbocycles. The van der Waals surface area contributed by atoms with E-state index in [4.69, 9.17) is 0 Å². The number of nitrogens with one attached hydrogen (secondary N) is 3. The molecule has 5 nitrogen and oxygen atoms in total. The molecule has 0 heterocycles. The summed E-state index contributed by atoms with van der Waals surface area (Å²) >= 11 is 0. The third-order valence-corrected chi connectivity index (χ3v) is 2.57. The van der Waals surface area contributed by atoms with Gasteiger partial charge in [-0.05, 0) is 24.2 Å². The summed E-state index contributed by atoms with van der Waals surface area (Å²) in [6.07, 6.45) is 0.0580. The van der Waals surface area contributed by atoms with Crippen LogP contribution in [0.3, 0.4) is 0 Å². The summed E-state index contributed by atoms with van der Waals surface area (Å²) in [6, 6.07) is 5.83. The maximum absolute atomic E-state index is 12.9. The number of hydrogen-bond acceptors (Lipinski definition) is 3. The molecule has 21 heavy (non-hydrogen) atoms. The lowest BCUT2D eigenvalue weighted by atomic mass is 10.1. The van der Waals surface area contributed by atoms with Gasteiger partial charge in [0.2, 0.25) is 11.8 Å². The van der Waals surface area contributed by atoms with E-state index in [0.717, 1.165) is 6.54 Å². The average Bonchev–Trinajstić information content (AvgIpc) is 2.41. The van der Waals surface area contributed by atoms with E-state index in [-0.39, 0.29) is 43.0 Å². The van der Waals surface area contributed by atoms with Crippen LogP contribution >= 0.6 is 12.4 Å². The maximum atomic E-state index is 12.9. The van der Waals surface area contributed by atoms with Gasteiger partial charge < -0.3 is 16.0 Å². The highest BCUT2D eigenvalue weighted by molar-refractivity contribution is 5.86. The third kappa shape index (κ3) is 8.99. The Morgan fingerprint density at radius 1 is 1.14 bits per heavy atom. The Balaban J connectivity index is 0.00000400. The Hall–Kier alpha value is -1.66. The van der Waals surface area contributed by atoms with Crippen molar-refractivity contribution in [2.45, 2.75) is 13.3 Å². The second-order valence-corrected chi connectivity index (χ2v) is 4.29. The summed E-state index contributed by atoms with van der Waals surface area (Å²) in [5.41, 5.74) is 0.579. The van der Waals surface area contributed by atoms with Gasteiger partial charge in [-0.3, -0.25) is 9.59 Å². The summed E-state index contributed by atoms with van der Waals surface area (Å²) in [6.45, 7) is 3.97. The minimum absolute atomic E-state index is 0. The summed E-state index contributed by atoms with van der Waals surface area (Å²) in [5.74, 6) is -0.926. The molecule has 2 amide bonds. The normalized spacial score (nSPS) is 9.62. The van der Waals surface area contributed by atoms with E-state index in [0.29, 0.717) is 18.7 Å². The molecule has 0 bridgehead atoms. The largest absolute Gasteiger partial charge is 0.353 e. The Morgan fingerprint density at radius 2 is 1.90 bits per heavy atom. The van der Waals surface area contributed by atoms with Crippen molar-refractivity contribution in [1.29, 1.82) is 0 Å². The molecule has 7 heteroatoms. The zero-order valence-electron chi connectivity index (χ0n) is 11.9. The molecule has 0 aliphatic heterocycles. The predicted molar refractivity (Wildman–Crippen MR) is 81.9 cm³/mol. The van der Waals surface area contributed by atoms with Gasteiger partial charge in [0, 0.05) is 13.1 Å². The maximum Gasteiger partial charge on any atom is 0.239 e. The molecule has 0 aliphatic rings. The molecule has 1 aromatic rings. The molecule has 1 rings (SSSR count). The second-order valence-electron chi connectivity index (χ2n) is 4.29. The van der Waals surface area contributed by atoms with Crippen LogP contribution in [-0.2, 0) is 16.0 Å². The van der Waals surface area contributed by atoms with E-state index in [1.165, 1.54) is 12.1 Å². The van der Waals surface area contributed by atoms with Crippen molar-refractivity contribution in [2.24, 2.45) is 0 Å². The molecule has 0 radical (unpaired) electrons. The molecule has 0 aliphatic carbocycles. The SMILES string of the molecule is CCNCCNC(=O)CNC(=O)Cc1cccc(F)c1.Cl. The Bertz CT molecular complexity index is 458. The highest BCUT2D eigenvalue weighted by atomic mass is 35.5. The van der Waals surface area contributed by atoms with Crippen molar-refractivity contribution < 1.29 is 14.0 Å². The van der Waals surface area contributed by atoms with Gasteiger partial charge in [-0.15, -0.1) is 12.4 Å². The number of hydrogen-bond donors (Lipinski definition) is 3. The van der Waals surface area contributed by atoms with Gasteiger partial charge in [-0.25, -0.2) is 4.39 Å². The zero-order valence-corrected chi connectivity index (χ0v) is 12.8. The Labute approximate surface area is 130 Å². The average molecular weight is 318 g/mol. The standard InChI is InChI=1S/C14H20FN3O2.ClH/c1-2-16-6-7-17-14(20)10-18-13(19)9-11-4-3-5-12(15)8-11;/h3-5,8,16H,2,6-7,9-10H2,1H3,(H,17,20)(H,18,19);1H. The van der Waals surface area contributed by atoms with Gasteiger partial charge >= 0.3 is 0 Å². The van der Waals surface area contributed by atoms with Gasteiger partial charge in [0.05, 0.1) is 13.0 Å². The lowest BCUT2D eigenvalue weighted by Crippen LogP contribution is -2.40. The van der Waals surface area contributed by atoms with E-state index in [1.807, 2.05) is 6.92 Å². The first-order chi connectivity index (χ1) is 9.61. The molecule has 3 N–H and O–H groups in total. The van der Waals surface area contributed by atoms with Gasteiger partial charge in [-0.1, -0.05) is 19.1 Å². The molecule has 0 saturated heterocycles. The number of carbonyl (C=O) groups excluding carboxylic acids is 2. The summed E-state index contributed by atoms with van der Waals surface area (Å²) < 4.78 is 12.9. The van der Waals surface area contributed by atoms with Gasteiger partial charge in [0.25, 0.3) is 0 Å². The van der Waals surface area contributed by atoms with Crippen molar-refractivity contribution in [2.75, 3.05) is 26.2 Å². The van der Waals surface area contributed by atoms with E-state index in [1.54, 1.807) is 12.1 Å². The highest BCUT2D eigenvalue weighted by Crippen LogP contribution is 2.03. The number of likely N-dealkylation sites (N-methyl/N-ethyl adjacent to an activating group) is 1. The van der Waals surface area contributed by atoms with E-state index in [9.17, 15) is 14.0 Å². The molecule has 0 unspecified atom stereocenters. The quantitative estimate of drug-likeness (QED) is 0.616. The monoisotopic (exact) mass is 317 g/mol. The molecule has 1 aromatic carbocycles. The van der Waals surface area contributed by atoms with Crippen LogP contribution in [0.1, 0.15) is 12.5 Å². The summed E-state index contributed by atoms with van der Waals surface area (Å²) in [7, 11) is 0. The first-order valence-electron chi connectivity index (χ1n) is 6.60. The molecular formula is C14H21ClFN3O2. The van der Waals surface area contributed by atoms with Crippen LogP contribution in [0.15, 0.2) is 24.3 Å². The minimum atomic E-state index is -0.378. The smallest absolute Gasteiger partial charge is 0.239 e. The number of amides is 2. The van der Waals surface area contributed by atoms with Gasteiger partial charge in [0.15, 0.2) is 0 Å². The summed E-state index contributed by atoms with van der Waals surface area (Å²) in [4.78, 5) is 23.0. The molecule has 118 valence electrons. The lowest BCUT2D eigenvalue weighted by molar-refractivity contribution is -0.125. The van der Waals surface area contributed by atoms with Gasteiger partial charge in [-0.2, -0.15) is 0 Å². The van der Waals surface area contributed by atoms with Crippen LogP contribution in [0.2, 0.25) is 0 Å². The number of carbonyl (C=O) groups is 2. The van der Waals surface area contributed by atoms with Crippen LogP contribution in [-0.4, -0.2) is 38.0 Å². The third-order valence-electron chi connectivity index (χ3n) is 2.57. The highest BCUT2D eigenvalue weighted by Gasteiger charge is 2.06. The Morgan fingerprint density at radius 3 is 2.57 bits per heavy atom. The summed E-state index contributed by atoms with van der Waals surface area (Å²) in [5, 5.41) is 8.24. The minimum Gasteiger partial charge on any atom is -0.353 e. The van der Waals surface area contributed by atoms with Crippen molar-refractivity contribution in [3.8, 4) is 0 Å². The number of rotatable bonds is 8. The molecule has 0 aromatic heterocycles. The van der Waals surface area contributed by atoms with Crippen molar-refractivity contribution in [3.63, 3.8) is 0 Å². The molecule has 0 spiro atoms. The number of halogens is 2.